The summed E-state index contributed by atoms with van der Waals surface area (Å²) in [5.74, 6) is 0.832. The first-order valence-corrected chi connectivity index (χ1v) is 7.71. The zero-order chi connectivity index (χ0) is 15.1. The molecule has 1 aromatic rings. The predicted molar refractivity (Wildman–Crippen MR) is 83.9 cm³/mol. The van der Waals surface area contributed by atoms with Crippen molar-refractivity contribution < 1.29 is 4.79 Å². The van der Waals surface area contributed by atoms with Crippen molar-refractivity contribution in [1.82, 2.24) is 5.32 Å². The zero-order valence-electron chi connectivity index (χ0n) is 12.4. The topological polar surface area (TPSA) is 64.9 Å². The number of benzene rings is 1. The lowest BCUT2D eigenvalue weighted by atomic mass is 10.1. The number of rotatable bonds is 6. The fourth-order valence-electron chi connectivity index (χ4n) is 1.75. The minimum atomic E-state index is -0.383. The van der Waals surface area contributed by atoms with E-state index in [1.54, 1.807) is 18.7 Å². The average molecular weight is 291 g/mol. The first-order valence-electron chi connectivity index (χ1n) is 6.72. The van der Waals surface area contributed by atoms with E-state index in [1.807, 2.05) is 39.0 Å². The van der Waals surface area contributed by atoms with Crippen molar-refractivity contribution in [1.29, 1.82) is 5.26 Å². The maximum Gasteiger partial charge on any atom is 0.242 e. The van der Waals surface area contributed by atoms with E-state index in [9.17, 15) is 10.1 Å². The number of amides is 1. The van der Waals surface area contributed by atoms with Gasteiger partial charge in [0.05, 0.1) is 11.3 Å². The molecule has 0 spiro atoms. The highest BCUT2D eigenvalue weighted by Crippen LogP contribution is 2.28. The number of carbonyl (C=O) groups is 1. The molecule has 0 bridgehead atoms. The van der Waals surface area contributed by atoms with Crippen LogP contribution in [0.1, 0.15) is 33.3 Å². The summed E-state index contributed by atoms with van der Waals surface area (Å²) in [7, 11) is 0. The molecular weight excluding hydrogens is 270 g/mol. The molecule has 1 rings (SSSR count). The Bertz CT molecular complexity index is 508. The second kappa shape index (κ2) is 7.81. The molecule has 0 radical (unpaired) electrons. The number of nitrogens with one attached hydrogen (secondary N) is 2. The lowest BCUT2D eigenvalue weighted by Crippen LogP contribution is -2.41. The first-order chi connectivity index (χ1) is 9.49. The van der Waals surface area contributed by atoms with Crippen molar-refractivity contribution >= 4 is 23.4 Å². The van der Waals surface area contributed by atoms with Crippen LogP contribution in [0, 0.1) is 11.3 Å². The van der Waals surface area contributed by atoms with Crippen molar-refractivity contribution in [2.75, 3.05) is 11.1 Å². The highest BCUT2D eigenvalue weighted by molar-refractivity contribution is 7.99. The van der Waals surface area contributed by atoms with Gasteiger partial charge in [-0.05, 0) is 38.7 Å². The molecule has 1 aromatic carbocycles. The van der Waals surface area contributed by atoms with Crippen LogP contribution in [-0.2, 0) is 4.79 Å². The van der Waals surface area contributed by atoms with Gasteiger partial charge < -0.3 is 10.6 Å². The number of nitriles is 1. The molecule has 0 saturated heterocycles. The lowest BCUT2D eigenvalue weighted by Gasteiger charge is -2.18. The molecule has 20 heavy (non-hydrogen) atoms. The van der Waals surface area contributed by atoms with Crippen molar-refractivity contribution in [2.24, 2.45) is 0 Å². The number of anilines is 1. The molecule has 5 heteroatoms. The molecule has 0 aliphatic carbocycles. The molecule has 1 amide bonds. The second-order valence-corrected chi connectivity index (χ2v) is 6.06. The van der Waals surface area contributed by atoms with Crippen LogP contribution in [0.25, 0.3) is 0 Å². The van der Waals surface area contributed by atoms with E-state index < -0.39 is 0 Å². The summed E-state index contributed by atoms with van der Waals surface area (Å²) < 4.78 is 0. The Morgan fingerprint density at radius 2 is 2.10 bits per heavy atom. The third kappa shape index (κ3) is 4.46. The summed E-state index contributed by atoms with van der Waals surface area (Å²) in [6.07, 6.45) is 0. The molecule has 0 aliphatic heterocycles. The highest BCUT2D eigenvalue weighted by atomic mass is 32.2. The molecular formula is C15H21N3OS. The van der Waals surface area contributed by atoms with Crippen LogP contribution in [-0.4, -0.2) is 23.7 Å². The van der Waals surface area contributed by atoms with Gasteiger partial charge in [-0.2, -0.15) is 5.26 Å². The Kier molecular flexibility index (Phi) is 6.40. The van der Waals surface area contributed by atoms with Crippen molar-refractivity contribution in [3.63, 3.8) is 0 Å². The Balaban J connectivity index is 2.89. The number of hydrogen-bond acceptors (Lipinski definition) is 4. The molecule has 4 nitrogen and oxygen atoms in total. The first kappa shape index (κ1) is 16.4. The minimum absolute atomic E-state index is 0.0718. The largest absolute Gasteiger partial charge is 0.373 e. The van der Waals surface area contributed by atoms with Gasteiger partial charge in [0.1, 0.15) is 12.1 Å². The van der Waals surface area contributed by atoms with Gasteiger partial charge in [0.2, 0.25) is 5.91 Å². The van der Waals surface area contributed by atoms with E-state index in [1.165, 1.54) is 0 Å². The van der Waals surface area contributed by atoms with Crippen molar-refractivity contribution in [3.05, 3.63) is 23.8 Å². The third-order valence-electron chi connectivity index (χ3n) is 2.63. The molecule has 0 aromatic heterocycles. The number of nitrogens with zero attached hydrogens (tertiary/aromatic N) is 1. The van der Waals surface area contributed by atoms with E-state index in [0.29, 0.717) is 11.3 Å². The van der Waals surface area contributed by atoms with Gasteiger partial charge in [-0.3, -0.25) is 4.79 Å². The monoisotopic (exact) mass is 291 g/mol. The van der Waals surface area contributed by atoms with Crippen molar-refractivity contribution in [2.45, 2.75) is 44.7 Å². The zero-order valence-corrected chi connectivity index (χ0v) is 13.2. The standard InChI is InChI=1S/C15H21N3OS/c1-5-20-14-8-6-7-13(12(14)9-16)18-11(4)15(19)17-10(2)3/h6-8,10-11,18H,5H2,1-4H3,(H,17,19). The van der Waals surface area contributed by atoms with Gasteiger partial charge in [0.25, 0.3) is 0 Å². The quantitative estimate of drug-likeness (QED) is 0.791. The van der Waals surface area contributed by atoms with E-state index >= 15 is 0 Å². The van der Waals surface area contributed by atoms with Crippen LogP contribution < -0.4 is 10.6 Å². The minimum Gasteiger partial charge on any atom is -0.373 e. The van der Waals surface area contributed by atoms with Crippen LogP contribution in [0.15, 0.2) is 23.1 Å². The van der Waals surface area contributed by atoms with Gasteiger partial charge in [0.15, 0.2) is 0 Å². The summed E-state index contributed by atoms with van der Waals surface area (Å²) in [4.78, 5) is 12.8. The van der Waals surface area contributed by atoms with E-state index in [0.717, 1.165) is 10.6 Å². The number of carbonyl (C=O) groups excluding carboxylic acids is 1. The molecule has 0 heterocycles. The third-order valence-corrected chi connectivity index (χ3v) is 3.57. The van der Waals surface area contributed by atoms with Gasteiger partial charge in [-0.25, -0.2) is 0 Å². The Morgan fingerprint density at radius 3 is 2.65 bits per heavy atom. The Labute approximate surface area is 124 Å². The summed E-state index contributed by atoms with van der Waals surface area (Å²) in [6.45, 7) is 7.68. The van der Waals surface area contributed by atoms with Crippen LogP contribution in [0.2, 0.25) is 0 Å². The molecule has 108 valence electrons. The van der Waals surface area contributed by atoms with E-state index in [4.69, 9.17) is 0 Å². The van der Waals surface area contributed by atoms with Crippen LogP contribution in [0.5, 0.6) is 0 Å². The maximum atomic E-state index is 11.9. The smallest absolute Gasteiger partial charge is 0.242 e. The Morgan fingerprint density at radius 1 is 1.40 bits per heavy atom. The number of hydrogen-bond donors (Lipinski definition) is 2. The van der Waals surface area contributed by atoms with Gasteiger partial charge in [-0.1, -0.05) is 13.0 Å². The molecule has 0 saturated carbocycles. The average Bonchev–Trinajstić information content (AvgIpc) is 2.38. The predicted octanol–water partition coefficient (Wildman–Crippen LogP) is 3.00. The molecule has 0 aliphatic rings. The molecule has 0 fully saturated rings. The van der Waals surface area contributed by atoms with Gasteiger partial charge >= 0.3 is 0 Å². The summed E-state index contributed by atoms with van der Waals surface area (Å²) in [5.41, 5.74) is 1.31. The number of thioether (sulfide) groups is 1. The maximum absolute atomic E-state index is 11.9. The summed E-state index contributed by atoms with van der Waals surface area (Å²) >= 11 is 1.62. The summed E-state index contributed by atoms with van der Waals surface area (Å²) in [5, 5.41) is 15.3. The van der Waals surface area contributed by atoms with Gasteiger partial charge in [0, 0.05) is 10.9 Å². The normalized spacial score (nSPS) is 11.8. The van der Waals surface area contributed by atoms with Crippen LogP contribution >= 0.6 is 11.8 Å². The second-order valence-electron chi connectivity index (χ2n) is 4.75. The fraction of sp³-hybridized carbons (Fsp3) is 0.467. The van der Waals surface area contributed by atoms with E-state index in [-0.39, 0.29) is 18.0 Å². The summed E-state index contributed by atoms with van der Waals surface area (Å²) in [6, 6.07) is 7.59. The van der Waals surface area contributed by atoms with Crippen LogP contribution in [0.3, 0.4) is 0 Å². The molecule has 2 N–H and O–H groups in total. The van der Waals surface area contributed by atoms with Crippen LogP contribution in [0.4, 0.5) is 5.69 Å². The molecule has 1 unspecified atom stereocenters. The lowest BCUT2D eigenvalue weighted by molar-refractivity contribution is -0.122. The van der Waals surface area contributed by atoms with Gasteiger partial charge in [-0.15, -0.1) is 11.8 Å². The Hall–Kier alpha value is -1.67. The SMILES string of the molecule is CCSc1cccc(NC(C)C(=O)NC(C)C)c1C#N. The van der Waals surface area contributed by atoms with Crippen molar-refractivity contribution in [3.8, 4) is 6.07 Å². The molecule has 1 atom stereocenters. The fourth-order valence-corrected chi connectivity index (χ4v) is 2.54. The van der Waals surface area contributed by atoms with E-state index in [2.05, 4.69) is 16.7 Å². The highest BCUT2D eigenvalue weighted by Gasteiger charge is 2.16.